The van der Waals surface area contributed by atoms with Gasteiger partial charge in [0.25, 0.3) is 5.91 Å². The van der Waals surface area contributed by atoms with Gasteiger partial charge in [-0.25, -0.2) is 9.78 Å². The normalized spacial score (nSPS) is 13.2. The number of esters is 1. The molecule has 7 heteroatoms. The van der Waals surface area contributed by atoms with Gasteiger partial charge < -0.3 is 9.64 Å². The van der Waals surface area contributed by atoms with E-state index in [4.69, 9.17) is 27.9 Å². The van der Waals surface area contributed by atoms with Gasteiger partial charge in [-0.05, 0) is 19.1 Å². The predicted octanol–water partition coefficient (Wildman–Crippen LogP) is 3.74. The number of halogens is 2. The quantitative estimate of drug-likeness (QED) is 0.761. The van der Waals surface area contributed by atoms with Crippen molar-refractivity contribution in [3.63, 3.8) is 0 Å². The predicted molar refractivity (Wildman–Crippen MR) is 91.6 cm³/mol. The van der Waals surface area contributed by atoms with E-state index in [1.54, 1.807) is 37.1 Å². The Labute approximate surface area is 149 Å². The standard InChI is InChI=1S/C17H14Cl2N2O3/c1-8-13(17(23)24-3)14(10-5-4-9(18)6-12(10)19)11-7-21(2)16(22)15(11)20-8/h4-6H,7H2,1-3H3. The number of pyridine rings is 1. The Morgan fingerprint density at radius 2 is 2.04 bits per heavy atom. The Morgan fingerprint density at radius 1 is 1.33 bits per heavy atom. The van der Waals surface area contributed by atoms with E-state index >= 15 is 0 Å². The number of nitrogens with zero attached hydrogens (tertiary/aromatic N) is 2. The van der Waals surface area contributed by atoms with Crippen LogP contribution in [0.4, 0.5) is 0 Å². The van der Waals surface area contributed by atoms with Gasteiger partial charge in [0.15, 0.2) is 0 Å². The third-order valence-electron chi connectivity index (χ3n) is 4.01. The number of aromatic nitrogens is 1. The van der Waals surface area contributed by atoms with Gasteiger partial charge in [0.05, 0.1) is 18.4 Å². The van der Waals surface area contributed by atoms with E-state index < -0.39 is 5.97 Å². The summed E-state index contributed by atoms with van der Waals surface area (Å²) in [5.74, 6) is -0.707. The first kappa shape index (κ1) is 16.7. The van der Waals surface area contributed by atoms with E-state index in [9.17, 15) is 9.59 Å². The molecule has 0 fully saturated rings. The zero-order valence-corrected chi connectivity index (χ0v) is 14.8. The number of benzene rings is 1. The first-order chi connectivity index (χ1) is 11.3. The average molecular weight is 365 g/mol. The zero-order valence-electron chi connectivity index (χ0n) is 13.3. The Bertz CT molecular complexity index is 881. The molecule has 1 aromatic carbocycles. The minimum atomic E-state index is -0.522. The lowest BCUT2D eigenvalue weighted by atomic mass is 9.93. The van der Waals surface area contributed by atoms with Crippen LogP contribution in [0.5, 0.6) is 0 Å². The second kappa shape index (κ2) is 6.07. The van der Waals surface area contributed by atoms with E-state index in [0.717, 1.165) is 0 Å². The van der Waals surface area contributed by atoms with Crippen LogP contribution in [0.15, 0.2) is 18.2 Å². The molecule has 1 aliphatic rings. The van der Waals surface area contributed by atoms with Crippen molar-refractivity contribution in [2.75, 3.05) is 14.2 Å². The van der Waals surface area contributed by atoms with Crippen molar-refractivity contribution >= 4 is 35.1 Å². The molecular formula is C17H14Cl2N2O3. The second-order valence-electron chi connectivity index (χ2n) is 5.55. The molecule has 2 heterocycles. The summed E-state index contributed by atoms with van der Waals surface area (Å²) in [5.41, 5.74) is 2.92. The number of hydrogen-bond acceptors (Lipinski definition) is 4. The number of ether oxygens (including phenoxy) is 1. The van der Waals surface area contributed by atoms with Crippen molar-refractivity contribution in [2.45, 2.75) is 13.5 Å². The van der Waals surface area contributed by atoms with Crippen molar-refractivity contribution in [3.05, 3.63) is 50.8 Å². The highest BCUT2D eigenvalue weighted by atomic mass is 35.5. The van der Waals surface area contributed by atoms with Crippen LogP contribution in [0, 0.1) is 6.92 Å². The highest BCUT2D eigenvalue weighted by Gasteiger charge is 2.34. The molecular weight excluding hydrogens is 351 g/mol. The van der Waals surface area contributed by atoms with Crippen LogP contribution in [0.2, 0.25) is 10.0 Å². The molecule has 0 saturated heterocycles. The van der Waals surface area contributed by atoms with Crippen LogP contribution >= 0.6 is 23.2 Å². The van der Waals surface area contributed by atoms with Crippen LogP contribution in [0.3, 0.4) is 0 Å². The van der Waals surface area contributed by atoms with Gasteiger partial charge in [-0.3, -0.25) is 4.79 Å². The van der Waals surface area contributed by atoms with Gasteiger partial charge in [-0.2, -0.15) is 0 Å². The summed E-state index contributed by atoms with van der Waals surface area (Å²) in [7, 11) is 2.99. The molecule has 24 heavy (non-hydrogen) atoms. The van der Waals surface area contributed by atoms with Crippen LogP contribution in [-0.2, 0) is 11.3 Å². The van der Waals surface area contributed by atoms with Gasteiger partial charge in [0, 0.05) is 40.3 Å². The number of fused-ring (bicyclic) bond motifs is 1. The minimum absolute atomic E-state index is 0.184. The van der Waals surface area contributed by atoms with Crippen molar-refractivity contribution < 1.29 is 14.3 Å². The molecule has 1 amide bonds. The number of rotatable bonds is 2. The maximum absolute atomic E-state index is 12.3. The summed E-state index contributed by atoms with van der Waals surface area (Å²) < 4.78 is 4.91. The fourth-order valence-corrected chi connectivity index (χ4v) is 3.41. The smallest absolute Gasteiger partial charge is 0.340 e. The van der Waals surface area contributed by atoms with Crippen molar-refractivity contribution in [3.8, 4) is 11.1 Å². The van der Waals surface area contributed by atoms with Crippen LogP contribution in [0.1, 0.15) is 32.1 Å². The van der Waals surface area contributed by atoms with Crippen molar-refractivity contribution in [2.24, 2.45) is 0 Å². The fourth-order valence-electron chi connectivity index (χ4n) is 2.90. The molecule has 5 nitrogen and oxygen atoms in total. The molecule has 1 aliphatic heterocycles. The number of carbonyl (C=O) groups excluding carboxylic acids is 2. The average Bonchev–Trinajstić information content (AvgIpc) is 2.81. The lowest BCUT2D eigenvalue weighted by Crippen LogP contribution is -2.18. The third kappa shape index (κ3) is 2.54. The number of amides is 1. The molecule has 0 bridgehead atoms. The van der Waals surface area contributed by atoms with E-state index in [-0.39, 0.29) is 5.91 Å². The Balaban J connectivity index is 2.40. The largest absolute Gasteiger partial charge is 0.465 e. The van der Waals surface area contributed by atoms with Crippen LogP contribution < -0.4 is 0 Å². The summed E-state index contributed by atoms with van der Waals surface area (Å²) in [5, 5.41) is 0.876. The molecule has 3 rings (SSSR count). The molecule has 0 aliphatic carbocycles. The second-order valence-corrected chi connectivity index (χ2v) is 6.39. The van der Waals surface area contributed by atoms with Gasteiger partial charge in [-0.1, -0.05) is 29.3 Å². The number of hydrogen-bond donors (Lipinski definition) is 0. The van der Waals surface area contributed by atoms with Crippen molar-refractivity contribution in [1.29, 1.82) is 0 Å². The lowest BCUT2D eigenvalue weighted by molar-refractivity contribution is 0.0599. The van der Waals surface area contributed by atoms with Gasteiger partial charge in [0.2, 0.25) is 0 Å². The van der Waals surface area contributed by atoms with Gasteiger partial charge in [-0.15, -0.1) is 0 Å². The number of carbonyl (C=O) groups is 2. The summed E-state index contributed by atoms with van der Waals surface area (Å²) >= 11 is 12.3. The van der Waals surface area contributed by atoms with Gasteiger partial charge in [0.1, 0.15) is 5.69 Å². The maximum Gasteiger partial charge on any atom is 0.340 e. The molecule has 0 saturated carbocycles. The molecule has 124 valence electrons. The first-order valence-electron chi connectivity index (χ1n) is 7.17. The van der Waals surface area contributed by atoms with Gasteiger partial charge >= 0.3 is 5.97 Å². The van der Waals surface area contributed by atoms with E-state index in [1.165, 1.54) is 7.11 Å². The summed E-state index contributed by atoms with van der Waals surface area (Å²) in [4.78, 5) is 30.5. The fraction of sp³-hybridized carbons (Fsp3) is 0.235. The van der Waals surface area contributed by atoms with Crippen LogP contribution in [0.25, 0.3) is 11.1 Å². The Kier molecular flexibility index (Phi) is 4.24. The first-order valence-corrected chi connectivity index (χ1v) is 7.93. The topological polar surface area (TPSA) is 59.5 Å². The third-order valence-corrected chi connectivity index (χ3v) is 4.56. The summed E-state index contributed by atoms with van der Waals surface area (Å²) in [6.45, 7) is 2.02. The molecule has 0 spiro atoms. The molecule has 2 aromatic rings. The van der Waals surface area contributed by atoms with E-state index in [0.29, 0.717) is 50.2 Å². The Morgan fingerprint density at radius 3 is 2.67 bits per heavy atom. The molecule has 1 aromatic heterocycles. The maximum atomic E-state index is 12.3. The number of methoxy groups -OCH3 is 1. The Hall–Kier alpha value is -2.11. The highest BCUT2D eigenvalue weighted by Crippen LogP contribution is 2.39. The SMILES string of the molecule is COC(=O)c1c(C)nc2c(c1-c1ccc(Cl)cc1Cl)CN(C)C2=O. The number of aryl methyl sites for hydroxylation is 1. The molecule has 0 N–H and O–H groups in total. The monoisotopic (exact) mass is 364 g/mol. The van der Waals surface area contributed by atoms with E-state index in [2.05, 4.69) is 4.98 Å². The highest BCUT2D eigenvalue weighted by molar-refractivity contribution is 6.36. The van der Waals surface area contributed by atoms with Crippen molar-refractivity contribution in [1.82, 2.24) is 9.88 Å². The summed E-state index contributed by atoms with van der Waals surface area (Å²) in [6.07, 6.45) is 0. The van der Waals surface area contributed by atoms with E-state index in [1.807, 2.05) is 0 Å². The molecule has 0 radical (unpaired) electrons. The molecule has 0 unspecified atom stereocenters. The molecule has 0 atom stereocenters. The lowest BCUT2D eigenvalue weighted by Gasteiger charge is -2.16. The zero-order chi connectivity index (χ0) is 17.6. The minimum Gasteiger partial charge on any atom is -0.465 e. The van der Waals surface area contributed by atoms with Crippen LogP contribution in [-0.4, -0.2) is 35.9 Å². The summed E-state index contributed by atoms with van der Waals surface area (Å²) in [6, 6.07) is 5.02.